The van der Waals surface area contributed by atoms with Crippen LogP contribution in [0.3, 0.4) is 0 Å². The molecule has 0 atom stereocenters. The topological polar surface area (TPSA) is 55.4 Å². The maximum atomic E-state index is 11.7. The molecule has 1 rings (SSSR count). The number of nitrogens with one attached hydrogen (secondary N) is 1. The van der Waals surface area contributed by atoms with Crippen molar-refractivity contribution in [2.75, 3.05) is 11.9 Å². The fourth-order valence-corrected chi connectivity index (χ4v) is 2.12. The van der Waals surface area contributed by atoms with E-state index in [1.54, 1.807) is 13.0 Å². The summed E-state index contributed by atoms with van der Waals surface area (Å²) in [6.07, 6.45) is 0.146. The van der Waals surface area contributed by atoms with Crippen molar-refractivity contribution in [3.63, 3.8) is 0 Å². The molecule has 0 spiro atoms. The molecule has 1 N–H and O–H groups in total. The fourth-order valence-electron chi connectivity index (χ4n) is 1.40. The van der Waals surface area contributed by atoms with E-state index in [0.29, 0.717) is 17.3 Å². The maximum Gasteiger partial charge on any atom is 0.306 e. The molecule has 0 aromatic heterocycles. The van der Waals surface area contributed by atoms with Crippen molar-refractivity contribution >= 4 is 45.1 Å². The van der Waals surface area contributed by atoms with Crippen molar-refractivity contribution in [1.29, 1.82) is 0 Å². The Morgan fingerprint density at radius 2 is 2.05 bits per heavy atom. The zero-order chi connectivity index (χ0) is 14.4. The van der Waals surface area contributed by atoms with Gasteiger partial charge in [0.1, 0.15) is 0 Å². The zero-order valence-electron chi connectivity index (χ0n) is 10.8. The molecule has 0 bridgehead atoms. The molecule has 0 aliphatic rings. The molecule has 0 saturated heterocycles. The van der Waals surface area contributed by atoms with Gasteiger partial charge in [-0.25, -0.2) is 0 Å². The lowest BCUT2D eigenvalue weighted by atomic mass is 10.2. The predicted molar refractivity (Wildman–Crippen MR) is 78.4 cm³/mol. The molecule has 19 heavy (non-hydrogen) atoms. The fraction of sp³-hybridized carbons (Fsp3) is 0.385. The number of hydrogen-bond acceptors (Lipinski definition) is 3. The summed E-state index contributed by atoms with van der Waals surface area (Å²) in [4.78, 5) is 22.8. The quantitative estimate of drug-likeness (QED) is 0.826. The minimum atomic E-state index is -0.376. The first-order chi connectivity index (χ1) is 8.93. The lowest BCUT2D eigenvalue weighted by Crippen LogP contribution is -2.15. The second-order valence-electron chi connectivity index (χ2n) is 3.93. The minimum Gasteiger partial charge on any atom is -0.466 e. The highest BCUT2D eigenvalue weighted by atomic mass is 79.9. The molecule has 0 aliphatic carbocycles. The Balaban J connectivity index is 2.58. The van der Waals surface area contributed by atoms with Crippen LogP contribution in [0.4, 0.5) is 5.69 Å². The van der Waals surface area contributed by atoms with Crippen LogP contribution in [0.5, 0.6) is 0 Å². The molecule has 1 aromatic carbocycles. The summed E-state index contributed by atoms with van der Waals surface area (Å²) in [7, 11) is 0. The average Bonchev–Trinajstić information content (AvgIpc) is 2.34. The summed E-state index contributed by atoms with van der Waals surface area (Å²) in [5.41, 5.74) is 1.50. The van der Waals surface area contributed by atoms with Crippen LogP contribution < -0.4 is 5.32 Å². The lowest BCUT2D eigenvalue weighted by Gasteiger charge is -2.09. The Morgan fingerprint density at radius 3 is 2.68 bits per heavy atom. The van der Waals surface area contributed by atoms with Gasteiger partial charge in [0.2, 0.25) is 5.91 Å². The van der Waals surface area contributed by atoms with Gasteiger partial charge in [-0.1, -0.05) is 11.6 Å². The molecule has 0 aliphatic heterocycles. The Hall–Kier alpha value is -1.07. The number of halogens is 2. The van der Waals surface area contributed by atoms with E-state index in [1.807, 2.05) is 13.0 Å². The van der Waals surface area contributed by atoms with Crippen LogP contribution in [0.15, 0.2) is 16.6 Å². The molecule has 0 radical (unpaired) electrons. The molecular formula is C13H15BrClNO3. The highest BCUT2D eigenvalue weighted by Crippen LogP contribution is 2.29. The number of hydrogen-bond donors (Lipinski definition) is 1. The largest absolute Gasteiger partial charge is 0.466 e. The SMILES string of the molecule is CCOC(=O)CCC(=O)Nc1cc(Cl)c(C)cc1Br. The van der Waals surface area contributed by atoms with Crippen LogP contribution in [0, 0.1) is 6.92 Å². The molecule has 0 heterocycles. The van der Waals surface area contributed by atoms with E-state index < -0.39 is 0 Å². The number of esters is 1. The number of anilines is 1. The predicted octanol–water partition coefficient (Wildman–Crippen LogP) is 3.69. The minimum absolute atomic E-state index is 0.0664. The number of ether oxygens (including phenoxy) is 1. The van der Waals surface area contributed by atoms with E-state index in [-0.39, 0.29) is 24.7 Å². The maximum absolute atomic E-state index is 11.7. The first-order valence-electron chi connectivity index (χ1n) is 5.85. The summed E-state index contributed by atoms with van der Waals surface area (Å²) in [6, 6.07) is 3.49. The van der Waals surface area contributed by atoms with Gasteiger partial charge in [0, 0.05) is 15.9 Å². The Morgan fingerprint density at radius 1 is 1.37 bits per heavy atom. The van der Waals surface area contributed by atoms with Crippen LogP contribution in [-0.4, -0.2) is 18.5 Å². The van der Waals surface area contributed by atoms with Crippen LogP contribution >= 0.6 is 27.5 Å². The Bertz CT molecular complexity index is 491. The average molecular weight is 349 g/mol. The van der Waals surface area contributed by atoms with E-state index in [1.165, 1.54) is 0 Å². The van der Waals surface area contributed by atoms with Crippen molar-refractivity contribution in [1.82, 2.24) is 0 Å². The summed E-state index contributed by atoms with van der Waals surface area (Å²) < 4.78 is 5.50. The standard InChI is InChI=1S/C13H15BrClNO3/c1-3-19-13(18)5-4-12(17)16-11-7-10(15)8(2)6-9(11)14/h6-7H,3-5H2,1-2H3,(H,16,17). The number of carbonyl (C=O) groups is 2. The van der Waals surface area contributed by atoms with E-state index in [2.05, 4.69) is 21.2 Å². The number of rotatable bonds is 5. The van der Waals surface area contributed by atoms with Gasteiger partial charge in [-0.2, -0.15) is 0 Å². The Kier molecular flexibility index (Phi) is 6.31. The van der Waals surface area contributed by atoms with E-state index in [0.717, 1.165) is 10.0 Å². The summed E-state index contributed by atoms with van der Waals surface area (Å²) in [5.74, 6) is -0.632. The molecule has 4 nitrogen and oxygen atoms in total. The lowest BCUT2D eigenvalue weighted by molar-refractivity contribution is -0.144. The van der Waals surface area contributed by atoms with Gasteiger partial charge < -0.3 is 10.1 Å². The second kappa shape index (κ2) is 7.50. The van der Waals surface area contributed by atoms with Crippen molar-refractivity contribution in [3.8, 4) is 0 Å². The summed E-state index contributed by atoms with van der Waals surface area (Å²) >= 11 is 9.34. The van der Waals surface area contributed by atoms with Crippen molar-refractivity contribution in [3.05, 3.63) is 27.2 Å². The molecular weight excluding hydrogens is 334 g/mol. The van der Waals surface area contributed by atoms with Crippen molar-refractivity contribution in [2.24, 2.45) is 0 Å². The molecule has 1 amide bonds. The number of amides is 1. The number of carbonyl (C=O) groups excluding carboxylic acids is 2. The van der Waals surface area contributed by atoms with Crippen molar-refractivity contribution < 1.29 is 14.3 Å². The highest BCUT2D eigenvalue weighted by molar-refractivity contribution is 9.10. The number of benzene rings is 1. The van der Waals surface area contributed by atoms with Crippen LogP contribution in [0.2, 0.25) is 5.02 Å². The zero-order valence-corrected chi connectivity index (χ0v) is 13.1. The third kappa shape index (κ3) is 5.20. The van der Waals surface area contributed by atoms with Crippen LogP contribution in [0.1, 0.15) is 25.3 Å². The molecule has 6 heteroatoms. The van der Waals surface area contributed by atoms with Gasteiger partial charge in [0.05, 0.1) is 18.7 Å². The van der Waals surface area contributed by atoms with Gasteiger partial charge in [-0.05, 0) is 47.5 Å². The third-order valence-corrected chi connectivity index (χ3v) is 3.45. The van der Waals surface area contributed by atoms with Gasteiger partial charge in [0.15, 0.2) is 0 Å². The third-order valence-electron chi connectivity index (χ3n) is 2.38. The monoisotopic (exact) mass is 347 g/mol. The van der Waals surface area contributed by atoms with Gasteiger partial charge in [-0.3, -0.25) is 9.59 Å². The first-order valence-corrected chi connectivity index (χ1v) is 7.02. The summed E-state index contributed by atoms with van der Waals surface area (Å²) in [5, 5.41) is 3.27. The number of aryl methyl sites for hydroxylation is 1. The molecule has 104 valence electrons. The van der Waals surface area contributed by atoms with Gasteiger partial charge >= 0.3 is 5.97 Å². The molecule has 0 unspecified atom stereocenters. The molecule has 1 aromatic rings. The van der Waals surface area contributed by atoms with Gasteiger partial charge in [-0.15, -0.1) is 0 Å². The second-order valence-corrected chi connectivity index (χ2v) is 5.20. The summed E-state index contributed by atoms with van der Waals surface area (Å²) in [6.45, 7) is 3.92. The smallest absolute Gasteiger partial charge is 0.306 e. The molecule has 0 fully saturated rings. The van der Waals surface area contributed by atoms with E-state index in [9.17, 15) is 9.59 Å². The van der Waals surface area contributed by atoms with E-state index >= 15 is 0 Å². The van der Waals surface area contributed by atoms with Crippen LogP contribution in [0.25, 0.3) is 0 Å². The first kappa shape index (κ1) is 16.0. The van der Waals surface area contributed by atoms with Gasteiger partial charge in [0.25, 0.3) is 0 Å². The van der Waals surface area contributed by atoms with Crippen molar-refractivity contribution in [2.45, 2.75) is 26.7 Å². The van der Waals surface area contributed by atoms with E-state index in [4.69, 9.17) is 16.3 Å². The highest BCUT2D eigenvalue weighted by Gasteiger charge is 2.10. The Labute approximate surface area is 125 Å². The normalized spacial score (nSPS) is 10.1. The molecule has 0 saturated carbocycles. The van der Waals surface area contributed by atoms with Crippen LogP contribution in [-0.2, 0) is 14.3 Å².